The summed E-state index contributed by atoms with van der Waals surface area (Å²) in [5.41, 5.74) is 0.414. The van der Waals surface area contributed by atoms with E-state index in [-0.39, 0.29) is 35.9 Å². The Balaban J connectivity index is 1.40. The predicted molar refractivity (Wildman–Crippen MR) is 102 cm³/mol. The number of pyridine rings is 1. The number of aromatic nitrogens is 1. The van der Waals surface area contributed by atoms with Crippen LogP contribution in [0.5, 0.6) is 0 Å². The molecule has 0 spiro atoms. The van der Waals surface area contributed by atoms with Crippen LogP contribution in [0.4, 0.5) is 0 Å². The predicted octanol–water partition coefficient (Wildman–Crippen LogP) is 2.44. The van der Waals surface area contributed by atoms with E-state index in [0.29, 0.717) is 5.58 Å². The smallest absolute Gasteiger partial charge is 0.287 e. The van der Waals surface area contributed by atoms with E-state index in [1.165, 1.54) is 12.1 Å². The first-order chi connectivity index (χ1) is 13.2. The molecule has 1 amide bonds. The van der Waals surface area contributed by atoms with Crippen molar-refractivity contribution in [2.45, 2.75) is 42.1 Å². The molecule has 7 nitrogen and oxygen atoms in total. The molecule has 2 heterocycles. The fourth-order valence-electron chi connectivity index (χ4n) is 3.40. The normalized spacial score (nSPS) is 22.0. The van der Waals surface area contributed by atoms with Crippen LogP contribution in [0.15, 0.2) is 58.1 Å². The standard InChI is InChI=1S/C20H20N2O5S/c1-20(24)9-16(10-20)28(25,26)15-4-2-13(3-5-15)11-22-19(23)17-8-14-6-7-21-12-18(14)27-17/h2-8,12,16,24H,9-11H2,1H3,(H,22,23). The number of benzene rings is 1. The van der Waals surface area contributed by atoms with Gasteiger partial charge in [-0.25, -0.2) is 8.42 Å². The van der Waals surface area contributed by atoms with Crippen LogP contribution in [-0.4, -0.2) is 35.3 Å². The summed E-state index contributed by atoms with van der Waals surface area (Å²) in [6.45, 7) is 1.88. The van der Waals surface area contributed by atoms with Gasteiger partial charge < -0.3 is 14.8 Å². The number of amides is 1. The van der Waals surface area contributed by atoms with Crippen LogP contribution in [0.2, 0.25) is 0 Å². The van der Waals surface area contributed by atoms with E-state index in [2.05, 4.69) is 10.3 Å². The summed E-state index contributed by atoms with van der Waals surface area (Å²) in [7, 11) is -3.45. The first-order valence-electron chi connectivity index (χ1n) is 8.92. The number of fused-ring (bicyclic) bond motifs is 1. The van der Waals surface area contributed by atoms with Gasteiger partial charge in [0.25, 0.3) is 5.91 Å². The SMILES string of the molecule is CC1(O)CC(S(=O)(=O)c2ccc(CNC(=O)c3cc4ccncc4o3)cc2)C1. The topological polar surface area (TPSA) is 110 Å². The van der Waals surface area contributed by atoms with Gasteiger partial charge in [-0.15, -0.1) is 0 Å². The van der Waals surface area contributed by atoms with E-state index < -0.39 is 20.7 Å². The molecule has 0 bridgehead atoms. The lowest BCUT2D eigenvalue weighted by atomic mass is 9.82. The fraction of sp³-hybridized carbons (Fsp3) is 0.300. The molecule has 0 aliphatic heterocycles. The Hall–Kier alpha value is -2.71. The minimum absolute atomic E-state index is 0.194. The Bertz CT molecular complexity index is 1090. The van der Waals surface area contributed by atoms with Gasteiger partial charge in [0.2, 0.25) is 0 Å². The lowest BCUT2D eigenvalue weighted by molar-refractivity contribution is -0.0116. The molecule has 1 aromatic carbocycles. The zero-order valence-electron chi connectivity index (χ0n) is 15.3. The maximum atomic E-state index is 12.6. The van der Waals surface area contributed by atoms with Crippen LogP contribution in [0.25, 0.3) is 11.0 Å². The third-order valence-corrected chi connectivity index (χ3v) is 7.17. The van der Waals surface area contributed by atoms with Gasteiger partial charge in [-0.05, 0) is 49.6 Å². The monoisotopic (exact) mass is 400 g/mol. The maximum absolute atomic E-state index is 12.6. The summed E-state index contributed by atoms with van der Waals surface area (Å²) in [6, 6.07) is 9.83. The van der Waals surface area contributed by atoms with Crippen molar-refractivity contribution in [1.29, 1.82) is 0 Å². The Morgan fingerprint density at radius 1 is 1.29 bits per heavy atom. The number of carbonyl (C=O) groups excluding carboxylic acids is 1. The lowest BCUT2D eigenvalue weighted by Crippen LogP contribution is -2.48. The van der Waals surface area contributed by atoms with Crippen LogP contribution in [0, 0.1) is 0 Å². The summed E-state index contributed by atoms with van der Waals surface area (Å²) < 4.78 is 30.6. The average molecular weight is 400 g/mol. The van der Waals surface area contributed by atoms with Crippen molar-refractivity contribution in [1.82, 2.24) is 10.3 Å². The highest BCUT2D eigenvalue weighted by Crippen LogP contribution is 2.39. The van der Waals surface area contributed by atoms with Crippen molar-refractivity contribution in [3.63, 3.8) is 0 Å². The van der Waals surface area contributed by atoms with Crippen molar-refractivity contribution in [3.8, 4) is 0 Å². The molecule has 0 radical (unpaired) electrons. The van der Waals surface area contributed by atoms with E-state index in [0.717, 1.165) is 10.9 Å². The van der Waals surface area contributed by atoms with Gasteiger partial charge in [0.05, 0.1) is 21.9 Å². The summed E-state index contributed by atoms with van der Waals surface area (Å²) >= 11 is 0. The average Bonchev–Trinajstić information content (AvgIpc) is 3.09. The molecule has 4 rings (SSSR count). The molecule has 1 aliphatic rings. The highest BCUT2D eigenvalue weighted by Gasteiger charge is 2.46. The van der Waals surface area contributed by atoms with Crippen molar-refractivity contribution >= 4 is 26.7 Å². The zero-order chi connectivity index (χ0) is 19.9. The molecule has 1 saturated carbocycles. The van der Waals surface area contributed by atoms with Gasteiger partial charge in [-0.2, -0.15) is 0 Å². The number of nitrogens with one attached hydrogen (secondary N) is 1. The molecule has 0 saturated heterocycles. The molecule has 1 fully saturated rings. The molecule has 28 heavy (non-hydrogen) atoms. The number of rotatable bonds is 5. The second-order valence-electron chi connectivity index (χ2n) is 7.42. The molecule has 1 aliphatic carbocycles. The molecular weight excluding hydrogens is 380 g/mol. The molecule has 0 unspecified atom stereocenters. The molecule has 0 atom stereocenters. The van der Waals surface area contributed by atoms with E-state index >= 15 is 0 Å². The second kappa shape index (κ2) is 6.72. The first kappa shape index (κ1) is 18.6. The third kappa shape index (κ3) is 3.53. The van der Waals surface area contributed by atoms with E-state index in [1.54, 1.807) is 43.6 Å². The first-order valence-corrected chi connectivity index (χ1v) is 10.5. The van der Waals surface area contributed by atoms with Crippen molar-refractivity contribution in [3.05, 3.63) is 60.1 Å². The minimum Gasteiger partial charge on any atom is -0.449 e. The number of carbonyl (C=O) groups is 1. The van der Waals surface area contributed by atoms with Gasteiger partial charge in [-0.3, -0.25) is 9.78 Å². The number of aliphatic hydroxyl groups is 1. The molecule has 3 aromatic rings. The largest absolute Gasteiger partial charge is 0.449 e. The number of hydrogen-bond donors (Lipinski definition) is 2. The maximum Gasteiger partial charge on any atom is 0.287 e. The Morgan fingerprint density at radius 2 is 2.00 bits per heavy atom. The molecule has 8 heteroatoms. The summed E-state index contributed by atoms with van der Waals surface area (Å²) in [5.74, 6) is -0.163. The van der Waals surface area contributed by atoms with Crippen molar-refractivity contribution < 1.29 is 22.7 Å². The quantitative estimate of drug-likeness (QED) is 0.681. The Kier molecular flexibility index (Phi) is 4.47. The minimum atomic E-state index is -3.45. The molecular formula is C20H20N2O5S. The van der Waals surface area contributed by atoms with Crippen molar-refractivity contribution in [2.75, 3.05) is 0 Å². The van der Waals surface area contributed by atoms with E-state index in [9.17, 15) is 18.3 Å². The highest BCUT2D eigenvalue weighted by molar-refractivity contribution is 7.92. The van der Waals surface area contributed by atoms with Gasteiger partial charge >= 0.3 is 0 Å². The number of sulfone groups is 1. The second-order valence-corrected chi connectivity index (χ2v) is 9.65. The third-order valence-electron chi connectivity index (χ3n) is 5.03. The van der Waals surface area contributed by atoms with Crippen LogP contribution in [0.1, 0.15) is 35.9 Å². The Labute approximate surface area is 162 Å². The zero-order valence-corrected chi connectivity index (χ0v) is 16.1. The molecule has 2 N–H and O–H groups in total. The van der Waals surface area contributed by atoms with Crippen LogP contribution in [-0.2, 0) is 16.4 Å². The van der Waals surface area contributed by atoms with Crippen LogP contribution in [0.3, 0.4) is 0 Å². The van der Waals surface area contributed by atoms with Gasteiger partial charge in [0.1, 0.15) is 0 Å². The highest BCUT2D eigenvalue weighted by atomic mass is 32.2. The summed E-state index contributed by atoms with van der Waals surface area (Å²) in [6.07, 6.45) is 3.67. The number of furan rings is 1. The van der Waals surface area contributed by atoms with E-state index in [4.69, 9.17) is 4.42 Å². The Morgan fingerprint density at radius 3 is 2.64 bits per heavy atom. The molecule has 146 valence electrons. The van der Waals surface area contributed by atoms with Crippen LogP contribution < -0.4 is 5.32 Å². The van der Waals surface area contributed by atoms with E-state index in [1.807, 2.05) is 0 Å². The van der Waals surface area contributed by atoms with Gasteiger partial charge in [0, 0.05) is 18.1 Å². The van der Waals surface area contributed by atoms with Crippen molar-refractivity contribution in [2.24, 2.45) is 0 Å². The van der Waals surface area contributed by atoms with Gasteiger partial charge in [0.15, 0.2) is 21.2 Å². The van der Waals surface area contributed by atoms with Gasteiger partial charge in [-0.1, -0.05) is 12.1 Å². The molecule has 2 aromatic heterocycles. The lowest BCUT2D eigenvalue weighted by Gasteiger charge is -2.40. The van der Waals surface area contributed by atoms with Crippen LogP contribution >= 0.6 is 0 Å². The summed E-state index contributed by atoms with van der Waals surface area (Å²) in [5, 5.41) is 12.8. The number of nitrogens with zero attached hydrogens (tertiary/aromatic N) is 1. The fourth-order valence-corrected chi connectivity index (χ4v) is 5.45. The number of hydrogen-bond acceptors (Lipinski definition) is 6. The summed E-state index contributed by atoms with van der Waals surface area (Å²) in [4.78, 5) is 16.4.